The van der Waals surface area contributed by atoms with Crippen molar-refractivity contribution in [2.45, 2.75) is 33.1 Å². The highest BCUT2D eigenvalue weighted by Crippen LogP contribution is 2.22. The second-order valence-corrected chi connectivity index (χ2v) is 7.39. The van der Waals surface area contributed by atoms with Gasteiger partial charge in [-0.25, -0.2) is 0 Å². The van der Waals surface area contributed by atoms with E-state index in [1.165, 1.54) is 0 Å². The number of anilines is 2. The summed E-state index contributed by atoms with van der Waals surface area (Å²) in [7, 11) is 0. The van der Waals surface area contributed by atoms with Crippen molar-refractivity contribution in [2.24, 2.45) is 5.92 Å². The third-order valence-electron chi connectivity index (χ3n) is 5.15. The number of carbonyl (C=O) groups excluding carboxylic acids is 3. The Labute approximate surface area is 171 Å². The van der Waals surface area contributed by atoms with E-state index in [1.807, 2.05) is 38.1 Å². The SMILES string of the molecule is CCC(=O)N1CCCC(C(=O)Nc2ccccc2C(=O)Nc2cccc(C)c2)C1. The molecule has 0 spiro atoms. The van der Waals surface area contributed by atoms with Crippen LogP contribution in [0.4, 0.5) is 11.4 Å². The van der Waals surface area contributed by atoms with Gasteiger partial charge in [0.25, 0.3) is 5.91 Å². The molecule has 1 aliphatic rings. The van der Waals surface area contributed by atoms with E-state index in [0.29, 0.717) is 36.4 Å². The number of likely N-dealkylation sites (tertiary alicyclic amines) is 1. The number of carbonyl (C=O) groups is 3. The summed E-state index contributed by atoms with van der Waals surface area (Å²) in [5.74, 6) is -0.639. The van der Waals surface area contributed by atoms with E-state index >= 15 is 0 Å². The first-order valence-corrected chi connectivity index (χ1v) is 10.0. The maximum absolute atomic E-state index is 12.8. The van der Waals surface area contributed by atoms with Gasteiger partial charge in [-0.3, -0.25) is 14.4 Å². The second kappa shape index (κ2) is 9.37. The number of nitrogens with zero attached hydrogens (tertiary/aromatic N) is 1. The minimum Gasteiger partial charge on any atom is -0.342 e. The Morgan fingerprint density at radius 1 is 1.07 bits per heavy atom. The molecule has 1 aliphatic heterocycles. The van der Waals surface area contributed by atoms with E-state index in [4.69, 9.17) is 0 Å². The molecule has 1 unspecified atom stereocenters. The van der Waals surface area contributed by atoms with E-state index < -0.39 is 0 Å². The highest BCUT2D eigenvalue weighted by molar-refractivity contribution is 6.10. The van der Waals surface area contributed by atoms with Crippen LogP contribution in [0.3, 0.4) is 0 Å². The van der Waals surface area contributed by atoms with Crippen molar-refractivity contribution in [2.75, 3.05) is 23.7 Å². The van der Waals surface area contributed by atoms with Gasteiger partial charge in [-0.2, -0.15) is 0 Å². The van der Waals surface area contributed by atoms with Crippen molar-refractivity contribution in [1.29, 1.82) is 0 Å². The van der Waals surface area contributed by atoms with Gasteiger partial charge in [0.1, 0.15) is 0 Å². The summed E-state index contributed by atoms with van der Waals surface area (Å²) < 4.78 is 0. The lowest BCUT2D eigenvalue weighted by Gasteiger charge is -2.32. The van der Waals surface area contributed by atoms with Crippen molar-refractivity contribution in [3.63, 3.8) is 0 Å². The standard InChI is InChI=1S/C23H27N3O3/c1-3-21(27)26-13-7-9-17(15-26)22(28)25-20-12-5-4-11-19(20)23(29)24-18-10-6-8-16(2)14-18/h4-6,8,10-12,14,17H,3,7,9,13,15H2,1-2H3,(H,24,29)(H,25,28). The molecule has 152 valence electrons. The molecule has 0 aromatic heterocycles. The lowest BCUT2D eigenvalue weighted by atomic mass is 9.96. The average molecular weight is 393 g/mol. The van der Waals surface area contributed by atoms with Gasteiger partial charge < -0.3 is 15.5 Å². The molecule has 2 aromatic carbocycles. The number of piperidine rings is 1. The van der Waals surface area contributed by atoms with Gasteiger partial charge in [-0.1, -0.05) is 31.2 Å². The molecule has 0 aliphatic carbocycles. The molecule has 2 N–H and O–H groups in total. The molecule has 0 saturated carbocycles. The van der Waals surface area contributed by atoms with Crippen LogP contribution in [-0.2, 0) is 9.59 Å². The second-order valence-electron chi connectivity index (χ2n) is 7.39. The number of nitrogens with one attached hydrogen (secondary N) is 2. The predicted octanol–water partition coefficient (Wildman–Crippen LogP) is 3.83. The molecule has 0 bridgehead atoms. The third kappa shape index (κ3) is 5.22. The first-order chi connectivity index (χ1) is 14.0. The number of benzene rings is 2. The molecule has 1 fully saturated rings. The Morgan fingerprint density at radius 3 is 2.62 bits per heavy atom. The van der Waals surface area contributed by atoms with Gasteiger partial charge in [0.15, 0.2) is 0 Å². The molecule has 3 rings (SSSR count). The monoisotopic (exact) mass is 393 g/mol. The summed E-state index contributed by atoms with van der Waals surface area (Å²) in [6.07, 6.45) is 1.98. The zero-order valence-corrected chi connectivity index (χ0v) is 16.9. The van der Waals surface area contributed by atoms with E-state index in [0.717, 1.165) is 18.4 Å². The summed E-state index contributed by atoms with van der Waals surface area (Å²) in [6, 6.07) is 14.5. The fraction of sp³-hybridized carbons (Fsp3) is 0.348. The zero-order valence-electron chi connectivity index (χ0n) is 16.9. The number of aryl methyl sites for hydroxylation is 1. The highest BCUT2D eigenvalue weighted by atomic mass is 16.2. The molecule has 6 heteroatoms. The van der Waals surface area contributed by atoms with Crippen LogP contribution in [0.1, 0.15) is 42.1 Å². The molecule has 29 heavy (non-hydrogen) atoms. The summed E-state index contributed by atoms with van der Waals surface area (Å²) >= 11 is 0. The van der Waals surface area contributed by atoms with Crippen LogP contribution in [0.25, 0.3) is 0 Å². The minimum absolute atomic E-state index is 0.0698. The van der Waals surface area contributed by atoms with Gasteiger partial charge in [0.05, 0.1) is 17.2 Å². The van der Waals surface area contributed by atoms with Crippen LogP contribution >= 0.6 is 0 Å². The van der Waals surface area contributed by atoms with Crippen molar-refractivity contribution in [3.05, 3.63) is 59.7 Å². The van der Waals surface area contributed by atoms with Gasteiger partial charge in [-0.05, 0) is 49.6 Å². The van der Waals surface area contributed by atoms with E-state index in [2.05, 4.69) is 10.6 Å². The Bertz CT molecular complexity index is 910. The fourth-order valence-corrected chi connectivity index (χ4v) is 3.59. The van der Waals surface area contributed by atoms with Gasteiger partial charge >= 0.3 is 0 Å². The van der Waals surface area contributed by atoms with Crippen LogP contribution in [0, 0.1) is 12.8 Å². The Hall–Kier alpha value is -3.15. The van der Waals surface area contributed by atoms with Gasteiger partial charge in [0, 0.05) is 25.2 Å². The number of para-hydroxylation sites is 1. The maximum Gasteiger partial charge on any atom is 0.257 e. The van der Waals surface area contributed by atoms with Gasteiger partial charge in [0.2, 0.25) is 11.8 Å². The van der Waals surface area contributed by atoms with E-state index in [1.54, 1.807) is 29.2 Å². The van der Waals surface area contributed by atoms with Crippen LogP contribution in [-0.4, -0.2) is 35.7 Å². The van der Waals surface area contributed by atoms with Crippen LogP contribution in [0.2, 0.25) is 0 Å². The summed E-state index contributed by atoms with van der Waals surface area (Å²) in [6.45, 7) is 4.91. The van der Waals surface area contributed by atoms with Crippen molar-refractivity contribution in [3.8, 4) is 0 Å². The quantitative estimate of drug-likeness (QED) is 0.810. The Morgan fingerprint density at radius 2 is 1.86 bits per heavy atom. The number of rotatable bonds is 5. The molecular weight excluding hydrogens is 366 g/mol. The molecule has 1 heterocycles. The van der Waals surface area contributed by atoms with Crippen molar-refractivity contribution < 1.29 is 14.4 Å². The summed E-state index contributed by atoms with van der Waals surface area (Å²) in [5, 5.41) is 5.78. The van der Waals surface area contributed by atoms with Gasteiger partial charge in [-0.15, -0.1) is 0 Å². The first-order valence-electron chi connectivity index (χ1n) is 10.0. The highest BCUT2D eigenvalue weighted by Gasteiger charge is 2.28. The average Bonchev–Trinajstić information content (AvgIpc) is 2.73. The topological polar surface area (TPSA) is 78.5 Å². The normalized spacial score (nSPS) is 16.2. The summed E-state index contributed by atoms with van der Waals surface area (Å²) in [4.78, 5) is 39.3. The third-order valence-corrected chi connectivity index (χ3v) is 5.15. The predicted molar refractivity (Wildman–Crippen MR) is 114 cm³/mol. The number of hydrogen-bond acceptors (Lipinski definition) is 3. The lowest BCUT2D eigenvalue weighted by molar-refractivity contribution is -0.134. The number of amides is 3. The van der Waals surface area contributed by atoms with E-state index in [-0.39, 0.29) is 23.6 Å². The van der Waals surface area contributed by atoms with Crippen molar-refractivity contribution >= 4 is 29.1 Å². The van der Waals surface area contributed by atoms with Crippen LogP contribution in [0.15, 0.2) is 48.5 Å². The molecular formula is C23H27N3O3. The largest absolute Gasteiger partial charge is 0.342 e. The summed E-state index contributed by atoms with van der Waals surface area (Å²) in [5.41, 5.74) is 2.63. The maximum atomic E-state index is 12.8. The Balaban J connectivity index is 1.71. The lowest BCUT2D eigenvalue weighted by Crippen LogP contribution is -2.43. The smallest absolute Gasteiger partial charge is 0.257 e. The molecule has 0 radical (unpaired) electrons. The first kappa shape index (κ1) is 20.6. The molecule has 6 nitrogen and oxygen atoms in total. The molecule has 2 aromatic rings. The zero-order chi connectivity index (χ0) is 20.8. The van der Waals surface area contributed by atoms with Crippen LogP contribution in [0.5, 0.6) is 0 Å². The molecule has 3 amide bonds. The minimum atomic E-state index is -0.280. The van der Waals surface area contributed by atoms with E-state index in [9.17, 15) is 14.4 Å². The Kier molecular flexibility index (Phi) is 6.65. The molecule has 1 atom stereocenters. The molecule has 1 saturated heterocycles. The fourth-order valence-electron chi connectivity index (χ4n) is 3.59. The number of hydrogen-bond donors (Lipinski definition) is 2. The van der Waals surface area contributed by atoms with Crippen LogP contribution < -0.4 is 10.6 Å². The van der Waals surface area contributed by atoms with Crippen molar-refractivity contribution in [1.82, 2.24) is 4.90 Å².